The first kappa shape index (κ1) is 24.3. The van der Waals surface area contributed by atoms with Gasteiger partial charge in [0, 0.05) is 11.6 Å². The van der Waals surface area contributed by atoms with E-state index in [1.165, 1.54) is 18.1 Å². The van der Waals surface area contributed by atoms with Gasteiger partial charge in [-0.1, -0.05) is 37.1 Å². The first-order chi connectivity index (χ1) is 17.0. The third kappa shape index (κ3) is 5.45. The van der Waals surface area contributed by atoms with Gasteiger partial charge in [-0.05, 0) is 68.7 Å². The van der Waals surface area contributed by atoms with Gasteiger partial charge in [-0.2, -0.15) is 0 Å². The van der Waals surface area contributed by atoms with E-state index < -0.39 is 11.9 Å². The minimum atomic E-state index is -1.02. The molecule has 35 heavy (non-hydrogen) atoms. The molecule has 3 aromatic rings. The van der Waals surface area contributed by atoms with Crippen molar-refractivity contribution in [1.82, 2.24) is 5.32 Å². The van der Waals surface area contributed by atoms with E-state index in [0.29, 0.717) is 29.2 Å². The quantitative estimate of drug-likeness (QED) is 0.424. The zero-order valence-corrected chi connectivity index (χ0v) is 20.0. The van der Waals surface area contributed by atoms with Gasteiger partial charge in [0.25, 0.3) is 5.91 Å². The van der Waals surface area contributed by atoms with Crippen LogP contribution in [-0.2, 0) is 4.79 Å². The zero-order chi connectivity index (χ0) is 24.8. The Bertz CT molecular complexity index is 1160. The van der Waals surface area contributed by atoms with Crippen molar-refractivity contribution in [3.8, 4) is 5.75 Å². The summed E-state index contributed by atoms with van der Waals surface area (Å²) in [6.07, 6.45) is 5.32. The highest BCUT2D eigenvalue weighted by Gasteiger charge is 2.37. The van der Waals surface area contributed by atoms with Gasteiger partial charge in [0.15, 0.2) is 11.5 Å². The fourth-order valence-corrected chi connectivity index (χ4v) is 4.55. The lowest BCUT2D eigenvalue weighted by atomic mass is 9.99. The number of carbonyl (C=O) groups is 3. The molecular formula is C28H30N2O5. The third-order valence-corrected chi connectivity index (χ3v) is 6.21. The van der Waals surface area contributed by atoms with Crippen molar-refractivity contribution in [3.05, 3.63) is 83.8 Å². The lowest BCUT2D eigenvalue weighted by molar-refractivity contribution is -0.123. The Labute approximate surface area is 205 Å². The molecular weight excluding hydrogens is 444 g/mol. The van der Waals surface area contributed by atoms with Crippen molar-refractivity contribution in [2.45, 2.75) is 51.6 Å². The van der Waals surface area contributed by atoms with E-state index in [-0.39, 0.29) is 23.5 Å². The number of ether oxygens (including phenoxy) is 1. The lowest BCUT2D eigenvalue weighted by Gasteiger charge is -2.32. The molecule has 1 saturated carbocycles. The van der Waals surface area contributed by atoms with E-state index >= 15 is 0 Å². The molecule has 1 aliphatic rings. The Morgan fingerprint density at radius 1 is 1.03 bits per heavy atom. The van der Waals surface area contributed by atoms with Crippen LogP contribution in [0.1, 0.15) is 72.0 Å². The van der Waals surface area contributed by atoms with E-state index in [1.54, 1.807) is 60.7 Å². The van der Waals surface area contributed by atoms with E-state index in [1.807, 2.05) is 6.92 Å². The van der Waals surface area contributed by atoms with Crippen LogP contribution in [0.5, 0.6) is 5.75 Å². The topological polar surface area (TPSA) is 88.8 Å². The van der Waals surface area contributed by atoms with Gasteiger partial charge in [0.2, 0.25) is 5.91 Å². The first-order valence-corrected chi connectivity index (χ1v) is 12.0. The van der Waals surface area contributed by atoms with Crippen LogP contribution in [0.15, 0.2) is 71.3 Å². The van der Waals surface area contributed by atoms with Crippen molar-refractivity contribution >= 4 is 23.3 Å². The number of anilines is 1. The van der Waals surface area contributed by atoms with Crippen molar-refractivity contribution in [2.75, 3.05) is 11.5 Å². The van der Waals surface area contributed by atoms with E-state index in [0.717, 1.165) is 25.7 Å². The predicted molar refractivity (Wildman–Crippen MR) is 133 cm³/mol. The van der Waals surface area contributed by atoms with Gasteiger partial charge in [-0.25, -0.2) is 0 Å². The van der Waals surface area contributed by atoms with Crippen LogP contribution in [0.25, 0.3) is 0 Å². The average Bonchev–Trinajstić information content (AvgIpc) is 3.58. The number of hydrogen-bond donors (Lipinski definition) is 1. The van der Waals surface area contributed by atoms with E-state index in [4.69, 9.17) is 9.15 Å². The molecule has 1 N–H and O–H groups in total. The summed E-state index contributed by atoms with van der Waals surface area (Å²) in [5.74, 6) is -0.282. The summed E-state index contributed by atoms with van der Waals surface area (Å²) in [5.41, 5.74) is 1.29. The Morgan fingerprint density at radius 2 is 1.74 bits per heavy atom. The molecule has 0 radical (unpaired) electrons. The number of nitrogens with one attached hydrogen (secondary N) is 1. The van der Waals surface area contributed by atoms with Crippen molar-refractivity contribution < 1.29 is 23.5 Å². The van der Waals surface area contributed by atoms with Crippen molar-refractivity contribution in [3.63, 3.8) is 0 Å². The maximum atomic E-state index is 13.8. The SMILES string of the molecule is CCOc1ccc([C@@H](C(=O)NC2CCCC2)N(C(=O)c2ccco2)c2ccccc2C(C)=O)cc1. The number of benzene rings is 2. The smallest absolute Gasteiger partial charge is 0.294 e. The van der Waals surface area contributed by atoms with Gasteiger partial charge in [-0.3, -0.25) is 19.3 Å². The van der Waals surface area contributed by atoms with Crippen LogP contribution in [0, 0.1) is 0 Å². The standard InChI is InChI=1S/C28H30N2O5/c1-3-34-22-16-14-20(15-17-22)26(27(32)29-21-9-4-5-10-21)30(28(33)25-13-8-18-35-25)24-12-7-6-11-23(24)19(2)31/h6-8,11-18,21,26H,3-5,9-10H2,1-2H3,(H,29,32)/t26-/m0/s1. The van der Waals surface area contributed by atoms with Crippen molar-refractivity contribution in [2.24, 2.45) is 0 Å². The minimum Gasteiger partial charge on any atom is -0.494 e. The first-order valence-electron chi connectivity index (χ1n) is 12.0. The molecule has 1 aromatic heterocycles. The molecule has 2 amide bonds. The highest BCUT2D eigenvalue weighted by Crippen LogP contribution is 2.34. The van der Waals surface area contributed by atoms with E-state index in [9.17, 15) is 14.4 Å². The Balaban J connectivity index is 1.85. The molecule has 0 unspecified atom stereocenters. The summed E-state index contributed by atoms with van der Waals surface area (Å²) in [5, 5.41) is 3.14. The summed E-state index contributed by atoms with van der Waals surface area (Å²) in [7, 11) is 0. The molecule has 0 bridgehead atoms. The highest BCUT2D eigenvalue weighted by molar-refractivity contribution is 6.12. The fraction of sp³-hybridized carbons (Fsp3) is 0.321. The Morgan fingerprint density at radius 3 is 2.37 bits per heavy atom. The number of rotatable bonds is 9. The number of hydrogen-bond acceptors (Lipinski definition) is 5. The number of ketones is 1. The molecule has 182 valence electrons. The summed E-state index contributed by atoms with van der Waals surface area (Å²) in [4.78, 5) is 41.5. The van der Waals surface area contributed by atoms with Gasteiger partial charge in [0.05, 0.1) is 18.6 Å². The largest absolute Gasteiger partial charge is 0.494 e. The maximum absolute atomic E-state index is 13.8. The second-order valence-electron chi connectivity index (χ2n) is 8.62. The number of Topliss-reactive ketones (excluding diaryl/α,β-unsaturated/α-hetero) is 1. The summed E-state index contributed by atoms with van der Waals surface area (Å²) >= 11 is 0. The monoisotopic (exact) mass is 474 g/mol. The highest BCUT2D eigenvalue weighted by atomic mass is 16.5. The molecule has 1 heterocycles. The summed E-state index contributed by atoms with van der Waals surface area (Å²) in [6.45, 7) is 3.85. The van der Waals surface area contributed by atoms with Gasteiger partial charge in [-0.15, -0.1) is 0 Å². The fourth-order valence-electron chi connectivity index (χ4n) is 4.55. The van der Waals surface area contributed by atoms with Gasteiger partial charge >= 0.3 is 0 Å². The molecule has 0 spiro atoms. The number of nitrogens with zero attached hydrogens (tertiary/aromatic N) is 1. The lowest BCUT2D eigenvalue weighted by Crippen LogP contribution is -2.46. The maximum Gasteiger partial charge on any atom is 0.294 e. The van der Waals surface area contributed by atoms with Crippen LogP contribution in [0.2, 0.25) is 0 Å². The van der Waals surface area contributed by atoms with Crippen LogP contribution in [0.3, 0.4) is 0 Å². The minimum absolute atomic E-state index is 0.0521. The number of furan rings is 1. The zero-order valence-electron chi connectivity index (χ0n) is 20.0. The third-order valence-electron chi connectivity index (χ3n) is 6.21. The molecule has 1 atom stereocenters. The average molecular weight is 475 g/mol. The Kier molecular flexibility index (Phi) is 7.65. The molecule has 0 aliphatic heterocycles. The molecule has 1 fully saturated rings. The van der Waals surface area contributed by atoms with Crippen molar-refractivity contribution in [1.29, 1.82) is 0 Å². The molecule has 1 aliphatic carbocycles. The van der Waals surface area contributed by atoms with Gasteiger partial charge < -0.3 is 14.5 Å². The number of carbonyl (C=O) groups excluding carboxylic acids is 3. The van der Waals surface area contributed by atoms with Crippen LogP contribution < -0.4 is 15.0 Å². The van der Waals surface area contributed by atoms with Crippen LogP contribution >= 0.6 is 0 Å². The van der Waals surface area contributed by atoms with Crippen LogP contribution in [-0.4, -0.2) is 30.2 Å². The molecule has 0 saturated heterocycles. The Hall–Kier alpha value is -3.87. The second kappa shape index (κ2) is 11.0. The van der Waals surface area contributed by atoms with E-state index in [2.05, 4.69) is 5.32 Å². The predicted octanol–water partition coefficient (Wildman–Crippen LogP) is 5.33. The van der Waals surface area contributed by atoms with Gasteiger partial charge in [0.1, 0.15) is 11.8 Å². The molecule has 4 rings (SSSR count). The van der Waals surface area contributed by atoms with Crippen LogP contribution in [0.4, 0.5) is 5.69 Å². The summed E-state index contributed by atoms with van der Waals surface area (Å²) in [6, 6.07) is 16.1. The summed E-state index contributed by atoms with van der Waals surface area (Å²) < 4.78 is 11.0. The molecule has 7 nitrogen and oxygen atoms in total. The number of para-hydroxylation sites is 1. The second-order valence-corrected chi connectivity index (χ2v) is 8.62. The molecule has 2 aromatic carbocycles. The number of amides is 2. The molecule has 7 heteroatoms. The normalized spacial score (nSPS) is 14.3.